The monoisotopic (exact) mass is 477 g/mol. The highest BCUT2D eigenvalue weighted by atomic mass is 35.5. The van der Waals surface area contributed by atoms with Crippen LogP contribution in [-0.2, 0) is 11.2 Å². The second kappa shape index (κ2) is 10.4. The number of anilines is 1. The molecule has 0 bridgehead atoms. The van der Waals surface area contributed by atoms with E-state index in [-0.39, 0.29) is 18.3 Å². The quantitative estimate of drug-likeness (QED) is 0.449. The van der Waals surface area contributed by atoms with Gasteiger partial charge in [0.1, 0.15) is 5.75 Å². The van der Waals surface area contributed by atoms with E-state index in [1.54, 1.807) is 49.6 Å². The maximum absolute atomic E-state index is 13.0. The summed E-state index contributed by atoms with van der Waals surface area (Å²) in [4.78, 5) is 25.2. The first kappa shape index (κ1) is 23.4. The Hall–Kier alpha value is -3.77. The van der Waals surface area contributed by atoms with Crippen molar-refractivity contribution in [1.82, 2.24) is 0 Å². The topological polar surface area (TPSA) is 73.9 Å². The lowest BCUT2D eigenvalue weighted by Gasteiger charge is -2.18. The zero-order valence-electron chi connectivity index (χ0n) is 18.9. The molecule has 1 amide bonds. The van der Waals surface area contributed by atoms with Gasteiger partial charge in [0.2, 0.25) is 0 Å². The van der Waals surface area contributed by atoms with Crippen molar-refractivity contribution < 1.29 is 23.8 Å². The number of fused-ring (bicyclic) bond motifs is 1. The molecule has 7 heteroatoms. The molecule has 0 saturated heterocycles. The Morgan fingerprint density at radius 3 is 2.59 bits per heavy atom. The van der Waals surface area contributed by atoms with Gasteiger partial charge in [0.05, 0.1) is 24.9 Å². The number of Topliss-reactive ketones (excluding diaryl/α,β-unsaturated/α-hetero) is 1. The van der Waals surface area contributed by atoms with Crippen LogP contribution in [0, 0.1) is 0 Å². The number of rotatable bonds is 7. The molecule has 3 aromatic carbocycles. The average Bonchev–Trinajstić information content (AvgIpc) is 2.86. The molecule has 0 fully saturated rings. The van der Waals surface area contributed by atoms with Crippen LogP contribution in [0.2, 0.25) is 5.02 Å². The highest BCUT2D eigenvalue weighted by molar-refractivity contribution is 6.33. The summed E-state index contributed by atoms with van der Waals surface area (Å²) in [5.74, 6) is 1.31. The van der Waals surface area contributed by atoms with E-state index in [2.05, 4.69) is 5.32 Å². The van der Waals surface area contributed by atoms with E-state index in [0.29, 0.717) is 34.2 Å². The Labute approximate surface area is 203 Å². The number of para-hydroxylation sites is 1. The normalized spacial score (nSPS) is 13.9. The first-order valence-corrected chi connectivity index (χ1v) is 11.1. The lowest BCUT2D eigenvalue weighted by Crippen LogP contribution is -2.20. The van der Waals surface area contributed by atoms with Crippen LogP contribution in [0.1, 0.15) is 27.9 Å². The number of ketones is 1. The molecule has 0 aromatic heterocycles. The van der Waals surface area contributed by atoms with Crippen molar-refractivity contribution in [3.63, 3.8) is 0 Å². The first-order valence-electron chi connectivity index (χ1n) is 10.8. The number of hydrogen-bond acceptors (Lipinski definition) is 5. The number of carbonyl (C=O) groups is 2. The van der Waals surface area contributed by atoms with Crippen molar-refractivity contribution in [2.45, 2.75) is 12.8 Å². The minimum absolute atomic E-state index is 0.0134. The Morgan fingerprint density at radius 1 is 1.00 bits per heavy atom. The van der Waals surface area contributed by atoms with E-state index in [1.807, 2.05) is 24.3 Å². The van der Waals surface area contributed by atoms with Crippen molar-refractivity contribution in [2.24, 2.45) is 0 Å². The number of allylic oxidation sites excluding steroid dienone is 1. The number of carbonyl (C=O) groups excluding carboxylic acids is 2. The number of amides is 1. The summed E-state index contributed by atoms with van der Waals surface area (Å²) in [5, 5.41) is 3.16. The molecule has 3 aromatic rings. The zero-order valence-corrected chi connectivity index (χ0v) is 19.6. The number of nitrogens with one attached hydrogen (secondary N) is 1. The van der Waals surface area contributed by atoms with Crippen LogP contribution >= 0.6 is 11.6 Å². The Kier molecular flexibility index (Phi) is 7.18. The molecule has 0 spiro atoms. The van der Waals surface area contributed by atoms with Crippen molar-refractivity contribution in [3.05, 3.63) is 87.9 Å². The second-order valence-electron chi connectivity index (χ2n) is 7.75. The molecule has 1 N–H and O–H groups in total. The SMILES string of the molecule is COc1ccc2c(c1)CC/C(=C/c1ccc(OCC(=O)Nc3ccccc3Cl)c(OC)c1)C2=O. The van der Waals surface area contributed by atoms with E-state index in [0.717, 1.165) is 28.9 Å². The van der Waals surface area contributed by atoms with Gasteiger partial charge < -0.3 is 19.5 Å². The van der Waals surface area contributed by atoms with E-state index in [1.165, 1.54) is 7.11 Å². The fourth-order valence-corrected chi connectivity index (χ4v) is 3.99. The maximum Gasteiger partial charge on any atom is 0.262 e. The van der Waals surface area contributed by atoms with Gasteiger partial charge in [0.25, 0.3) is 5.91 Å². The number of benzene rings is 3. The van der Waals surface area contributed by atoms with Gasteiger partial charge in [0, 0.05) is 11.1 Å². The average molecular weight is 478 g/mol. The molecule has 0 atom stereocenters. The summed E-state index contributed by atoms with van der Waals surface area (Å²) in [6.45, 7) is -0.208. The van der Waals surface area contributed by atoms with Crippen molar-refractivity contribution in [2.75, 3.05) is 26.1 Å². The Morgan fingerprint density at radius 2 is 1.82 bits per heavy atom. The molecule has 0 aliphatic heterocycles. The molecule has 4 rings (SSSR count). The van der Waals surface area contributed by atoms with Gasteiger partial charge in [0.15, 0.2) is 23.9 Å². The van der Waals surface area contributed by atoms with Crippen LogP contribution < -0.4 is 19.5 Å². The largest absolute Gasteiger partial charge is 0.497 e. The van der Waals surface area contributed by atoms with E-state index in [4.69, 9.17) is 25.8 Å². The van der Waals surface area contributed by atoms with Gasteiger partial charge in [-0.15, -0.1) is 0 Å². The Balaban J connectivity index is 1.45. The molecule has 1 aliphatic carbocycles. The van der Waals surface area contributed by atoms with Crippen molar-refractivity contribution in [1.29, 1.82) is 0 Å². The molecule has 34 heavy (non-hydrogen) atoms. The van der Waals surface area contributed by atoms with Crippen LogP contribution in [0.25, 0.3) is 6.08 Å². The summed E-state index contributed by atoms with van der Waals surface area (Å²) in [5.41, 5.74) is 3.76. The first-order chi connectivity index (χ1) is 16.5. The molecule has 0 radical (unpaired) electrons. The molecule has 0 heterocycles. The van der Waals surface area contributed by atoms with Crippen LogP contribution in [0.5, 0.6) is 17.2 Å². The predicted molar refractivity (Wildman–Crippen MR) is 132 cm³/mol. The van der Waals surface area contributed by atoms with Gasteiger partial charge >= 0.3 is 0 Å². The third-order valence-electron chi connectivity index (χ3n) is 5.55. The van der Waals surface area contributed by atoms with E-state index < -0.39 is 0 Å². The predicted octanol–water partition coefficient (Wildman–Crippen LogP) is 5.59. The molecule has 6 nitrogen and oxygen atoms in total. The van der Waals surface area contributed by atoms with E-state index >= 15 is 0 Å². The third kappa shape index (κ3) is 5.24. The number of ether oxygens (including phenoxy) is 3. The number of halogens is 1. The second-order valence-corrected chi connectivity index (χ2v) is 8.16. The van der Waals surface area contributed by atoms with Crippen LogP contribution in [-0.4, -0.2) is 32.5 Å². The van der Waals surface area contributed by atoms with Gasteiger partial charge in [-0.25, -0.2) is 0 Å². The molecular weight excluding hydrogens is 454 g/mol. The highest BCUT2D eigenvalue weighted by Gasteiger charge is 2.22. The van der Waals surface area contributed by atoms with Crippen LogP contribution in [0.3, 0.4) is 0 Å². The standard InChI is InChI=1S/C27H24ClNO5/c1-32-20-10-11-21-18(15-20)8-9-19(27(21)31)13-17-7-12-24(25(14-17)33-2)34-16-26(30)29-23-6-4-3-5-22(23)28/h3-7,10-15H,8-9,16H2,1-2H3,(H,29,30)/b19-13-. The number of aryl methyl sites for hydroxylation is 1. The van der Waals surface area contributed by atoms with Gasteiger partial charge in [-0.2, -0.15) is 0 Å². The summed E-state index contributed by atoms with van der Waals surface area (Å²) in [7, 11) is 3.14. The van der Waals surface area contributed by atoms with Crippen LogP contribution in [0.15, 0.2) is 66.2 Å². The summed E-state index contributed by atoms with van der Waals surface area (Å²) >= 11 is 6.07. The third-order valence-corrected chi connectivity index (χ3v) is 5.88. The van der Waals surface area contributed by atoms with Gasteiger partial charge in [-0.3, -0.25) is 9.59 Å². The summed E-state index contributed by atoms with van der Waals surface area (Å²) in [6, 6.07) is 17.8. The molecule has 0 saturated carbocycles. The minimum Gasteiger partial charge on any atom is -0.497 e. The zero-order chi connectivity index (χ0) is 24.1. The van der Waals surface area contributed by atoms with Gasteiger partial charge in [-0.05, 0) is 72.5 Å². The van der Waals surface area contributed by atoms with E-state index in [9.17, 15) is 9.59 Å². The highest BCUT2D eigenvalue weighted by Crippen LogP contribution is 2.32. The lowest BCUT2D eigenvalue weighted by atomic mass is 9.86. The fraction of sp³-hybridized carbons (Fsp3) is 0.185. The number of methoxy groups -OCH3 is 2. The van der Waals surface area contributed by atoms with Crippen molar-refractivity contribution in [3.8, 4) is 17.2 Å². The Bertz CT molecular complexity index is 1270. The maximum atomic E-state index is 13.0. The molecular formula is C27H24ClNO5. The summed E-state index contributed by atoms with van der Waals surface area (Å²) in [6.07, 6.45) is 3.27. The molecule has 174 valence electrons. The lowest BCUT2D eigenvalue weighted by molar-refractivity contribution is -0.118. The molecule has 0 unspecified atom stereocenters. The molecule has 1 aliphatic rings. The van der Waals surface area contributed by atoms with Crippen molar-refractivity contribution >= 4 is 35.1 Å². The summed E-state index contributed by atoms with van der Waals surface area (Å²) < 4.78 is 16.4. The van der Waals surface area contributed by atoms with Crippen LogP contribution in [0.4, 0.5) is 5.69 Å². The minimum atomic E-state index is -0.343. The number of hydrogen-bond donors (Lipinski definition) is 1. The smallest absolute Gasteiger partial charge is 0.262 e. The van der Waals surface area contributed by atoms with Gasteiger partial charge in [-0.1, -0.05) is 29.8 Å². The fourth-order valence-electron chi connectivity index (χ4n) is 3.81.